The van der Waals surface area contributed by atoms with E-state index in [-0.39, 0.29) is 29.8 Å². The number of fused-ring (bicyclic) bond motifs is 2. The molecule has 0 spiro atoms. The molecule has 1 aliphatic heterocycles. The molecule has 2 saturated carbocycles. The lowest BCUT2D eigenvalue weighted by atomic mass is 9.83. The van der Waals surface area contributed by atoms with Crippen molar-refractivity contribution >= 4 is 5.91 Å². The summed E-state index contributed by atoms with van der Waals surface area (Å²) in [7, 11) is 0. The lowest BCUT2D eigenvalue weighted by molar-refractivity contribution is -0.139. The van der Waals surface area contributed by atoms with Crippen LogP contribution < -0.4 is 10.5 Å². The molecule has 1 amide bonds. The van der Waals surface area contributed by atoms with Gasteiger partial charge < -0.3 is 15.4 Å². The van der Waals surface area contributed by atoms with Crippen molar-refractivity contribution in [1.82, 2.24) is 4.90 Å². The Morgan fingerprint density at radius 1 is 1.08 bits per heavy atom. The smallest absolute Gasteiger partial charge is 0.227 e. The molecule has 4 nitrogen and oxygen atoms in total. The standard InChI is InChI=1S/C19H25FN2O2/c20-14-3-5-15(6-4-14)24-16-7-9-22(10-8-16)19(23)17-12-1-2-13(11-12)18(17)21/h3-6,12-13,16-18H,1-2,7-11,21H2/t12-,13-,17-,18+/m0/s1. The second-order valence-electron chi connectivity index (χ2n) is 7.53. The number of nitrogens with zero attached hydrogens (tertiary/aromatic N) is 1. The van der Waals surface area contributed by atoms with Crippen LogP contribution in [0.1, 0.15) is 32.1 Å². The van der Waals surface area contributed by atoms with E-state index in [1.807, 2.05) is 4.90 Å². The fourth-order valence-electron chi connectivity index (χ4n) is 4.81. The number of hydrogen-bond donors (Lipinski definition) is 1. The Kier molecular flexibility index (Phi) is 4.21. The third-order valence-electron chi connectivity index (χ3n) is 6.14. The highest BCUT2D eigenvalue weighted by Crippen LogP contribution is 2.48. The van der Waals surface area contributed by atoms with Crippen LogP contribution in [0.4, 0.5) is 4.39 Å². The van der Waals surface area contributed by atoms with Crippen molar-refractivity contribution in [1.29, 1.82) is 0 Å². The zero-order valence-corrected chi connectivity index (χ0v) is 13.9. The Morgan fingerprint density at radius 3 is 2.38 bits per heavy atom. The van der Waals surface area contributed by atoms with Gasteiger partial charge in [-0.1, -0.05) is 0 Å². The molecule has 0 radical (unpaired) electrons. The molecule has 3 fully saturated rings. The van der Waals surface area contributed by atoms with Crippen LogP contribution in [0.25, 0.3) is 0 Å². The topological polar surface area (TPSA) is 55.6 Å². The van der Waals surface area contributed by atoms with E-state index in [0.29, 0.717) is 17.6 Å². The van der Waals surface area contributed by atoms with Gasteiger partial charge in [-0.25, -0.2) is 4.39 Å². The number of rotatable bonds is 3. The zero-order chi connectivity index (χ0) is 16.7. The van der Waals surface area contributed by atoms with Crippen molar-refractivity contribution in [3.05, 3.63) is 30.1 Å². The van der Waals surface area contributed by atoms with Gasteiger partial charge in [0.15, 0.2) is 0 Å². The van der Waals surface area contributed by atoms with Crippen LogP contribution in [-0.4, -0.2) is 36.0 Å². The van der Waals surface area contributed by atoms with Crippen LogP contribution in [0.15, 0.2) is 24.3 Å². The van der Waals surface area contributed by atoms with E-state index in [9.17, 15) is 9.18 Å². The van der Waals surface area contributed by atoms with Crippen molar-refractivity contribution in [3.63, 3.8) is 0 Å². The maximum atomic E-state index is 12.9. The van der Waals surface area contributed by atoms with Crippen molar-refractivity contribution in [2.24, 2.45) is 23.5 Å². The van der Waals surface area contributed by atoms with Crippen LogP contribution in [0.2, 0.25) is 0 Å². The molecule has 2 aliphatic carbocycles. The van der Waals surface area contributed by atoms with Crippen LogP contribution in [-0.2, 0) is 4.79 Å². The maximum Gasteiger partial charge on any atom is 0.227 e. The molecule has 4 atom stereocenters. The average Bonchev–Trinajstić information content (AvgIpc) is 3.18. The summed E-state index contributed by atoms with van der Waals surface area (Å²) in [6, 6.07) is 6.18. The summed E-state index contributed by atoms with van der Waals surface area (Å²) in [5.74, 6) is 1.79. The molecule has 130 valence electrons. The molecule has 1 aromatic rings. The number of likely N-dealkylation sites (tertiary alicyclic amines) is 1. The second kappa shape index (κ2) is 6.36. The summed E-state index contributed by atoms with van der Waals surface area (Å²) in [5.41, 5.74) is 6.31. The number of hydrogen-bond acceptors (Lipinski definition) is 3. The lowest BCUT2D eigenvalue weighted by Crippen LogP contribution is -2.50. The number of halogens is 1. The first-order valence-corrected chi connectivity index (χ1v) is 9.08. The lowest BCUT2D eigenvalue weighted by Gasteiger charge is -2.37. The van der Waals surface area contributed by atoms with Gasteiger partial charge in [-0.3, -0.25) is 4.79 Å². The van der Waals surface area contributed by atoms with E-state index in [4.69, 9.17) is 10.5 Å². The first-order chi connectivity index (χ1) is 11.6. The van der Waals surface area contributed by atoms with Crippen LogP contribution >= 0.6 is 0 Å². The molecule has 0 aromatic heterocycles. The number of nitrogens with two attached hydrogens (primary N) is 1. The predicted molar refractivity (Wildman–Crippen MR) is 88.9 cm³/mol. The molecular formula is C19H25FN2O2. The summed E-state index contributed by atoms with van der Waals surface area (Å²) in [6.07, 6.45) is 5.23. The summed E-state index contributed by atoms with van der Waals surface area (Å²) >= 11 is 0. The van der Waals surface area contributed by atoms with Crippen molar-refractivity contribution < 1.29 is 13.9 Å². The minimum absolute atomic E-state index is 0.0401. The molecule has 3 aliphatic rings. The van der Waals surface area contributed by atoms with E-state index >= 15 is 0 Å². The highest BCUT2D eigenvalue weighted by Gasteiger charge is 2.50. The van der Waals surface area contributed by atoms with Gasteiger partial charge in [0.05, 0.1) is 5.92 Å². The predicted octanol–water partition coefficient (Wildman–Crippen LogP) is 2.57. The van der Waals surface area contributed by atoms with Crippen molar-refractivity contribution in [3.8, 4) is 5.75 Å². The van der Waals surface area contributed by atoms with Crippen LogP contribution in [0, 0.1) is 23.6 Å². The Labute approximate surface area is 142 Å². The SMILES string of the molecule is N[C@@H]1[C@H]2CC[C@@H](C2)[C@@H]1C(=O)N1CCC(Oc2ccc(F)cc2)CC1. The molecule has 24 heavy (non-hydrogen) atoms. The number of carbonyl (C=O) groups is 1. The van der Waals surface area contributed by atoms with Gasteiger partial charge in [-0.05, 0) is 55.4 Å². The average molecular weight is 332 g/mol. The Morgan fingerprint density at radius 2 is 1.75 bits per heavy atom. The molecule has 2 N–H and O–H groups in total. The largest absolute Gasteiger partial charge is 0.490 e. The first-order valence-electron chi connectivity index (χ1n) is 9.08. The fourth-order valence-corrected chi connectivity index (χ4v) is 4.81. The molecule has 1 heterocycles. The van der Waals surface area contributed by atoms with E-state index in [1.165, 1.54) is 25.0 Å². The Hall–Kier alpha value is -1.62. The summed E-state index contributed by atoms with van der Waals surface area (Å²) in [6.45, 7) is 1.45. The van der Waals surface area contributed by atoms with Gasteiger partial charge in [-0.15, -0.1) is 0 Å². The molecule has 1 saturated heterocycles. The van der Waals surface area contributed by atoms with Gasteiger partial charge >= 0.3 is 0 Å². The third-order valence-corrected chi connectivity index (χ3v) is 6.14. The third kappa shape index (κ3) is 2.90. The Balaban J connectivity index is 1.31. The van der Waals surface area contributed by atoms with Gasteiger partial charge in [0, 0.05) is 32.0 Å². The fraction of sp³-hybridized carbons (Fsp3) is 0.632. The molecule has 0 unspecified atom stereocenters. The number of ether oxygens (including phenoxy) is 1. The van der Waals surface area contributed by atoms with E-state index in [2.05, 4.69) is 0 Å². The van der Waals surface area contributed by atoms with Gasteiger partial charge in [0.2, 0.25) is 5.91 Å². The summed E-state index contributed by atoms with van der Waals surface area (Å²) in [5, 5.41) is 0. The number of carbonyl (C=O) groups excluding carboxylic acids is 1. The second-order valence-corrected chi connectivity index (χ2v) is 7.53. The highest BCUT2D eigenvalue weighted by atomic mass is 19.1. The van der Waals surface area contributed by atoms with Crippen LogP contribution in [0.5, 0.6) is 5.75 Å². The van der Waals surface area contributed by atoms with E-state index in [1.54, 1.807) is 12.1 Å². The quantitative estimate of drug-likeness (QED) is 0.925. The first kappa shape index (κ1) is 15.9. The van der Waals surface area contributed by atoms with Crippen molar-refractivity contribution in [2.75, 3.05) is 13.1 Å². The number of amides is 1. The molecule has 2 bridgehead atoms. The number of benzene rings is 1. The Bertz CT molecular complexity index is 596. The molecule has 5 heteroatoms. The molecule has 4 rings (SSSR count). The van der Waals surface area contributed by atoms with E-state index < -0.39 is 0 Å². The molecule has 1 aromatic carbocycles. The van der Waals surface area contributed by atoms with E-state index in [0.717, 1.165) is 32.4 Å². The number of piperidine rings is 1. The maximum absolute atomic E-state index is 12.9. The highest BCUT2D eigenvalue weighted by molar-refractivity contribution is 5.80. The van der Waals surface area contributed by atoms with Gasteiger partial charge in [-0.2, -0.15) is 0 Å². The summed E-state index contributed by atoms with van der Waals surface area (Å²) < 4.78 is 18.8. The minimum atomic E-state index is -0.259. The van der Waals surface area contributed by atoms with Crippen LogP contribution in [0.3, 0.4) is 0 Å². The van der Waals surface area contributed by atoms with Gasteiger partial charge in [0.1, 0.15) is 17.7 Å². The minimum Gasteiger partial charge on any atom is -0.490 e. The van der Waals surface area contributed by atoms with Crippen molar-refractivity contribution in [2.45, 2.75) is 44.2 Å². The summed E-state index contributed by atoms with van der Waals surface area (Å²) in [4.78, 5) is 14.8. The monoisotopic (exact) mass is 332 g/mol. The van der Waals surface area contributed by atoms with Gasteiger partial charge in [0.25, 0.3) is 0 Å². The zero-order valence-electron chi connectivity index (χ0n) is 13.9. The normalized spacial score (nSPS) is 33.0. The molecular weight excluding hydrogens is 307 g/mol.